The van der Waals surface area contributed by atoms with Crippen LogP contribution in [0.1, 0.15) is 5.56 Å². The molecule has 1 rings (SSSR count). The van der Waals surface area contributed by atoms with E-state index in [1.165, 1.54) is 5.56 Å². The Morgan fingerprint density at radius 1 is 1.56 bits per heavy atom. The van der Waals surface area contributed by atoms with Gasteiger partial charge in [-0.05, 0) is 11.6 Å². The molecule has 0 radical (unpaired) electrons. The maximum atomic E-state index is 3.95. The molecule has 0 spiro atoms. The van der Waals surface area contributed by atoms with Crippen molar-refractivity contribution in [3.05, 3.63) is 30.1 Å². The molecule has 1 aromatic heterocycles. The van der Waals surface area contributed by atoms with Crippen LogP contribution in [0.4, 0.5) is 0 Å². The first-order valence-corrected chi connectivity index (χ1v) is 3.91. The van der Waals surface area contributed by atoms with Crippen molar-refractivity contribution in [1.82, 2.24) is 4.98 Å². The molecule has 1 nitrogen and oxygen atoms in total. The van der Waals surface area contributed by atoms with E-state index in [-0.39, 0.29) is 12.4 Å². The lowest BCUT2D eigenvalue weighted by Gasteiger charge is -1.87. The second-order valence-electron chi connectivity index (χ2n) is 1.49. The predicted octanol–water partition coefficient (Wildman–Crippen LogP) is 2.44. The van der Waals surface area contributed by atoms with Gasteiger partial charge in [0.05, 0.1) is 0 Å². The van der Waals surface area contributed by atoms with Gasteiger partial charge in [-0.15, -0.1) is 12.4 Å². The highest BCUT2D eigenvalue weighted by molar-refractivity contribution is 14.1. The zero-order chi connectivity index (χ0) is 5.82. The molecule has 0 saturated carbocycles. The molecule has 0 N–H and O–H groups in total. The van der Waals surface area contributed by atoms with Crippen LogP contribution in [0.3, 0.4) is 0 Å². The van der Waals surface area contributed by atoms with E-state index in [4.69, 9.17) is 0 Å². The lowest BCUT2D eigenvalue weighted by Crippen LogP contribution is -1.75. The van der Waals surface area contributed by atoms with E-state index < -0.39 is 0 Å². The zero-order valence-electron chi connectivity index (χ0n) is 4.75. The monoisotopic (exact) mass is 255 g/mol. The topological polar surface area (TPSA) is 12.9 Å². The highest BCUT2D eigenvalue weighted by atomic mass is 127. The molecular weight excluding hydrogens is 248 g/mol. The third-order valence-corrected chi connectivity index (χ3v) is 1.76. The molecule has 0 atom stereocenters. The van der Waals surface area contributed by atoms with Crippen LogP contribution < -0.4 is 0 Å². The number of pyridine rings is 1. The standard InChI is InChI=1S/C6H6IN.ClH/c7-4-6-2-1-3-8-5-6;/h1-3,5H,4H2;1H. The first kappa shape index (κ1) is 9.17. The Morgan fingerprint density at radius 3 is 2.67 bits per heavy atom. The predicted molar refractivity (Wildman–Crippen MR) is 49.2 cm³/mol. The fourth-order valence-electron chi connectivity index (χ4n) is 0.477. The smallest absolute Gasteiger partial charge is 0.0307 e. The summed E-state index contributed by atoms with van der Waals surface area (Å²) in [6, 6.07) is 4.02. The molecule has 3 heteroatoms. The van der Waals surface area contributed by atoms with Crippen molar-refractivity contribution in [2.24, 2.45) is 0 Å². The summed E-state index contributed by atoms with van der Waals surface area (Å²) >= 11 is 2.31. The van der Waals surface area contributed by atoms with Crippen molar-refractivity contribution >= 4 is 35.0 Å². The van der Waals surface area contributed by atoms with Crippen LogP contribution >= 0.6 is 35.0 Å². The van der Waals surface area contributed by atoms with E-state index in [0.717, 1.165) is 4.43 Å². The number of hydrogen-bond donors (Lipinski definition) is 0. The molecule has 1 aromatic rings. The fourth-order valence-corrected chi connectivity index (χ4v) is 0.928. The zero-order valence-corrected chi connectivity index (χ0v) is 7.72. The van der Waals surface area contributed by atoms with Gasteiger partial charge in [0.1, 0.15) is 0 Å². The van der Waals surface area contributed by atoms with Gasteiger partial charge in [0.25, 0.3) is 0 Å². The van der Waals surface area contributed by atoms with Crippen LogP contribution in [-0.4, -0.2) is 4.98 Å². The van der Waals surface area contributed by atoms with Crippen molar-refractivity contribution < 1.29 is 0 Å². The normalized spacial score (nSPS) is 8.11. The Labute approximate surface area is 74.4 Å². The molecule has 0 saturated heterocycles. The van der Waals surface area contributed by atoms with Gasteiger partial charge in [0.2, 0.25) is 0 Å². The summed E-state index contributed by atoms with van der Waals surface area (Å²) in [5.74, 6) is 0. The number of aromatic nitrogens is 1. The quantitative estimate of drug-likeness (QED) is 0.555. The third kappa shape index (κ3) is 3.01. The largest absolute Gasteiger partial charge is 0.264 e. The number of rotatable bonds is 1. The summed E-state index contributed by atoms with van der Waals surface area (Å²) in [6.45, 7) is 0. The minimum atomic E-state index is 0. The van der Waals surface area contributed by atoms with Crippen molar-refractivity contribution in [2.45, 2.75) is 4.43 Å². The van der Waals surface area contributed by atoms with Gasteiger partial charge in [-0.1, -0.05) is 28.7 Å². The van der Waals surface area contributed by atoms with Crippen molar-refractivity contribution in [3.8, 4) is 0 Å². The van der Waals surface area contributed by atoms with Crippen LogP contribution in [-0.2, 0) is 4.43 Å². The molecule has 50 valence electrons. The van der Waals surface area contributed by atoms with Crippen LogP contribution in [0.2, 0.25) is 0 Å². The summed E-state index contributed by atoms with van der Waals surface area (Å²) in [6.07, 6.45) is 3.67. The summed E-state index contributed by atoms with van der Waals surface area (Å²) in [5.41, 5.74) is 1.29. The Balaban J connectivity index is 0.000000640. The van der Waals surface area contributed by atoms with Crippen LogP contribution in [0.15, 0.2) is 24.5 Å². The SMILES string of the molecule is Cl.ICc1cccnc1. The van der Waals surface area contributed by atoms with E-state index in [2.05, 4.69) is 33.6 Å². The number of alkyl halides is 1. The number of nitrogens with zero attached hydrogens (tertiary/aromatic N) is 1. The van der Waals surface area contributed by atoms with Crippen LogP contribution in [0.5, 0.6) is 0 Å². The first-order chi connectivity index (χ1) is 3.93. The van der Waals surface area contributed by atoms with Crippen LogP contribution in [0.25, 0.3) is 0 Å². The van der Waals surface area contributed by atoms with Gasteiger partial charge >= 0.3 is 0 Å². The van der Waals surface area contributed by atoms with E-state index >= 15 is 0 Å². The van der Waals surface area contributed by atoms with Gasteiger partial charge in [-0.2, -0.15) is 0 Å². The lowest BCUT2D eigenvalue weighted by atomic mass is 10.3. The van der Waals surface area contributed by atoms with E-state index in [1.807, 2.05) is 12.3 Å². The summed E-state index contributed by atoms with van der Waals surface area (Å²) in [4.78, 5) is 3.95. The molecule has 9 heavy (non-hydrogen) atoms. The summed E-state index contributed by atoms with van der Waals surface area (Å²) in [7, 11) is 0. The highest BCUT2D eigenvalue weighted by Crippen LogP contribution is 2.00. The third-order valence-electron chi connectivity index (χ3n) is 0.877. The molecule has 1 heterocycles. The van der Waals surface area contributed by atoms with Crippen LogP contribution in [0, 0.1) is 0 Å². The van der Waals surface area contributed by atoms with Gasteiger partial charge in [0.15, 0.2) is 0 Å². The minimum absolute atomic E-state index is 0. The molecule has 0 unspecified atom stereocenters. The Kier molecular flexibility index (Phi) is 5.09. The second-order valence-corrected chi connectivity index (χ2v) is 2.26. The number of hydrogen-bond acceptors (Lipinski definition) is 1. The van der Waals surface area contributed by atoms with Gasteiger partial charge < -0.3 is 0 Å². The second kappa shape index (κ2) is 4.99. The molecule has 0 aliphatic heterocycles. The van der Waals surface area contributed by atoms with Crippen molar-refractivity contribution in [3.63, 3.8) is 0 Å². The highest BCUT2D eigenvalue weighted by Gasteiger charge is 1.82. The molecule has 0 fully saturated rings. The maximum absolute atomic E-state index is 3.95. The van der Waals surface area contributed by atoms with Gasteiger partial charge in [0, 0.05) is 16.8 Å². The van der Waals surface area contributed by atoms with E-state index in [9.17, 15) is 0 Å². The van der Waals surface area contributed by atoms with E-state index in [1.54, 1.807) is 6.20 Å². The molecule has 0 aromatic carbocycles. The van der Waals surface area contributed by atoms with Crippen molar-refractivity contribution in [2.75, 3.05) is 0 Å². The molecule has 0 aliphatic rings. The Bertz CT molecular complexity index is 154. The first-order valence-electron chi connectivity index (χ1n) is 2.38. The average molecular weight is 255 g/mol. The summed E-state index contributed by atoms with van der Waals surface area (Å²) in [5, 5.41) is 0. The van der Waals surface area contributed by atoms with Gasteiger partial charge in [-0.25, -0.2) is 0 Å². The Hall–Kier alpha value is 0.170. The molecule has 0 amide bonds. The van der Waals surface area contributed by atoms with Crippen molar-refractivity contribution in [1.29, 1.82) is 0 Å². The minimum Gasteiger partial charge on any atom is -0.264 e. The summed E-state index contributed by atoms with van der Waals surface area (Å²) < 4.78 is 1.05. The Morgan fingerprint density at radius 2 is 2.33 bits per heavy atom. The molecule has 0 aliphatic carbocycles. The average Bonchev–Trinajstić information content (AvgIpc) is 1.90. The molecular formula is C6H7ClIN. The van der Waals surface area contributed by atoms with E-state index in [0.29, 0.717) is 0 Å². The van der Waals surface area contributed by atoms with Gasteiger partial charge in [-0.3, -0.25) is 4.98 Å². The fraction of sp³-hybridized carbons (Fsp3) is 0.167. The lowest BCUT2D eigenvalue weighted by molar-refractivity contribution is 1.26. The molecule has 0 bridgehead atoms. The number of halogens is 2. The maximum Gasteiger partial charge on any atom is 0.0307 e.